The lowest BCUT2D eigenvalue weighted by Gasteiger charge is -2.35. The molecule has 0 radical (unpaired) electrons. The Morgan fingerprint density at radius 1 is 1.08 bits per heavy atom. The molecule has 4 rings (SSSR count). The lowest BCUT2D eigenvalue weighted by Crippen LogP contribution is -2.48. The normalized spacial score (nSPS) is 16.4. The van der Waals surface area contributed by atoms with Gasteiger partial charge in [0.25, 0.3) is 10.0 Å². The van der Waals surface area contributed by atoms with Gasteiger partial charge >= 0.3 is 0 Å². The number of sulfonamides is 1. The van der Waals surface area contributed by atoms with Crippen molar-refractivity contribution in [2.75, 3.05) is 31.1 Å². The SMILES string of the molecule is Cn1cnc(S(=O)(=O)N2CCN(c3ccc4ncncc4c3)CC2)c1. The number of hydrogen-bond donors (Lipinski definition) is 0. The van der Waals surface area contributed by atoms with E-state index in [0.29, 0.717) is 26.2 Å². The Morgan fingerprint density at radius 3 is 2.60 bits per heavy atom. The average molecular weight is 358 g/mol. The summed E-state index contributed by atoms with van der Waals surface area (Å²) < 4.78 is 28.4. The molecule has 1 aliphatic heterocycles. The van der Waals surface area contributed by atoms with Gasteiger partial charge in [0.05, 0.1) is 11.8 Å². The van der Waals surface area contributed by atoms with Crippen LogP contribution in [0.4, 0.5) is 5.69 Å². The molecular formula is C16H18N6O2S. The highest BCUT2D eigenvalue weighted by Gasteiger charge is 2.30. The van der Waals surface area contributed by atoms with E-state index < -0.39 is 10.0 Å². The smallest absolute Gasteiger partial charge is 0.262 e. The first-order chi connectivity index (χ1) is 12.0. The van der Waals surface area contributed by atoms with Gasteiger partial charge in [-0.25, -0.2) is 23.4 Å². The van der Waals surface area contributed by atoms with Gasteiger partial charge in [-0.15, -0.1) is 0 Å². The predicted molar refractivity (Wildman–Crippen MR) is 93.7 cm³/mol. The van der Waals surface area contributed by atoms with Gasteiger partial charge in [-0.05, 0) is 18.2 Å². The minimum Gasteiger partial charge on any atom is -0.369 e. The van der Waals surface area contributed by atoms with Crippen LogP contribution in [0.3, 0.4) is 0 Å². The molecule has 130 valence electrons. The number of rotatable bonds is 3. The van der Waals surface area contributed by atoms with Crippen molar-refractivity contribution in [3.8, 4) is 0 Å². The third kappa shape index (κ3) is 2.96. The summed E-state index contributed by atoms with van der Waals surface area (Å²) in [5, 5.41) is 1.08. The number of aryl methyl sites for hydroxylation is 1. The maximum Gasteiger partial charge on any atom is 0.262 e. The van der Waals surface area contributed by atoms with Crippen LogP contribution in [0, 0.1) is 0 Å². The highest BCUT2D eigenvalue weighted by Crippen LogP contribution is 2.23. The molecule has 0 spiro atoms. The van der Waals surface area contributed by atoms with E-state index in [2.05, 4.69) is 19.9 Å². The van der Waals surface area contributed by atoms with Crippen LogP contribution in [-0.2, 0) is 17.1 Å². The second kappa shape index (κ2) is 6.08. The monoisotopic (exact) mass is 358 g/mol. The van der Waals surface area contributed by atoms with Crippen molar-refractivity contribution in [2.24, 2.45) is 7.05 Å². The molecule has 0 bridgehead atoms. The Hall–Kier alpha value is -2.52. The molecule has 0 amide bonds. The minimum absolute atomic E-state index is 0.103. The van der Waals surface area contributed by atoms with Crippen molar-refractivity contribution in [1.82, 2.24) is 23.8 Å². The van der Waals surface area contributed by atoms with Crippen molar-refractivity contribution >= 4 is 26.6 Å². The minimum atomic E-state index is -3.53. The molecule has 8 nitrogen and oxygen atoms in total. The first kappa shape index (κ1) is 16.0. The molecule has 0 saturated carbocycles. The second-order valence-corrected chi connectivity index (χ2v) is 7.92. The molecule has 3 aromatic rings. The summed E-state index contributed by atoms with van der Waals surface area (Å²) in [7, 11) is -1.77. The van der Waals surface area contributed by atoms with Crippen LogP contribution in [-0.4, -0.2) is 58.4 Å². The number of benzene rings is 1. The first-order valence-electron chi connectivity index (χ1n) is 7.97. The van der Waals surface area contributed by atoms with Gasteiger partial charge in [-0.2, -0.15) is 4.31 Å². The lowest BCUT2D eigenvalue weighted by atomic mass is 10.2. The van der Waals surface area contributed by atoms with Crippen molar-refractivity contribution in [3.63, 3.8) is 0 Å². The third-order valence-electron chi connectivity index (χ3n) is 4.38. The number of fused-ring (bicyclic) bond motifs is 1. The van der Waals surface area contributed by atoms with Gasteiger partial charge in [0.1, 0.15) is 6.33 Å². The van der Waals surface area contributed by atoms with Gasteiger partial charge in [0, 0.05) is 56.7 Å². The highest BCUT2D eigenvalue weighted by molar-refractivity contribution is 7.89. The van der Waals surface area contributed by atoms with E-state index in [4.69, 9.17) is 0 Å². The Kier molecular flexibility index (Phi) is 3.89. The Bertz CT molecular complexity index is 1010. The summed E-state index contributed by atoms with van der Waals surface area (Å²) in [5.74, 6) is 0. The fraction of sp³-hybridized carbons (Fsp3) is 0.312. The van der Waals surface area contributed by atoms with Crippen LogP contribution in [0.2, 0.25) is 0 Å². The van der Waals surface area contributed by atoms with E-state index in [-0.39, 0.29) is 5.03 Å². The third-order valence-corrected chi connectivity index (χ3v) is 6.16. The van der Waals surface area contributed by atoms with Crippen LogP contribution in [0.15, 0.2) is 48.3 Å². The van der Waals surface area contributed by atoms with Crippen molar-refractivity contribution < 1.29 is 8.42 Å². The van der Waals surface area contributed by atoms with Crippen molar-refractivity contribution in [3.05, 3.63) is 43.2 Å². The van der Waals surface area contributed by atoms with Crippen LogP contribution in [0.25, 0.3) is 10.9 Å². The standard InChI is InChI=1S/C16H18N6O2S/c1-20-10-16(19-12-20)25(23,24)22-6-4-21(5-7-22)14-2-3-15-13(8-14)9-17-11-18-15/h2-3,8-12H,4-7H2,1H3. The molecule has 1 aliphatic rings. The highest BCUT2D eigenvalue weighted by atomic mass is 32.2. The summed E-state index contributed by atoms with van der Waals surface area (Å²) in [4.78, 5) is 14.4. The molecule has 1 aromatic carbocycles. The van der Waals surface area contributed by atoms with Gasteiger partial charge in [-0.3, -0.25) is 0 Å². The quantitative estimate of drug-likeness (QED) is 0.691. The molecule has 1 fully saturated rings. The van der Waals surface area contributed by atoms with Crippen molar-refractivity contribution in [2.45, 2.75) is 5.03 Å². The summed E-state index contributed by atoms with van der Waals surface area (Å²) in [6.07, 6.45) is 6.35. The lowest BCUT2D eigenvalue weighted by molar-refractivity contribution is 0.383. The number of aromatic nitrogens is 4. The number of nitrogens with zero attached hydrogens (tertiary/aromatic N) is 6. The van der Waals surface area contributed by atoms with Crippen LogP contribution < -0.4 is 4.90 Å². The summed E-state index contributed by atoms with van der Waals surface area (Å²) >= 11 is 0. The van der Waals surface area contributed by atoms with Crippen LogP contribution >= 0.6 is 0 Å². The Labute approximate surface area is 145 Å². The Morgan fingerprint density at radius 2 is 1.88 bits per heavy atom. The zero-order valence-corrected chi connectivity index (χ0v) is 14.6. The molecule has 0 N–H and O–H groups in total. The largest absolute Gasteiger partial charge is 0.369 e. The predicted octanol–water partition coefficient (Wildman–Crippen LogP) is 0.874. The summed E-state index contributed by atoms with van der Waals surface area (Å²) in [6.45, 7) is 2.13. The van der Waals surface area contributed by atoms with E-state index >= 15 is 0 Å². The van der Waals surface area contributed by atoms with Gasteiger partial charge < -0.3 is 9.47 Å². The topological polar surface area (TPSA) is 84.2 Å². The average Bonchev–Trinajstić information content (AvgIpc) is 3.09. The van der Waals surface area contributed by atoms with Crippen LogP contribution in [0.1, 0.15) is 0 Å². The Balaban J connectivity index is 1.50. The second-order valence-electron chi connectivity index (χ2n) is 6.03. The number of hydrogen-bond acceptors (Lipinski definition) is 6. The maximum absolute atomic E-state index is 12.6. The number of imidazole rings is 1. The zero-order valence-electron chi connectivity index (χ0n) is 13.8. The van der Waals surface area contributed by atoms with Gasteiger partial charge in [0.2, 0.25) is 0 Å². The van der Waals surface area contributed by atoms with Crippen LogP contribution in [0.5, 0.6) is 0 Å². The first-order valence-corrected chi connectivity index (χ1v) is 9.41. The van der Waals surface area contributed by atoms with E-state index in [9.17, 15) is 8.42 Å². The maximum atomic E-state index is 12.6. The number of piperazine rings is 1. The zero-order chi connectivity index (χ0) is 17.4. The van der Waals surface area contributed by atoms with E-state index in [1.807, 2.05) is 18.2 Å². The molecule has 1 saturated heterocycles. The van der Waals surface area contributed by atoms with E-state index in [1.54, 1.807) is 17.8 Å². The molecule has 3 heterocycles. The number of anilines is 1. The van der Waals surface area contributed by atoms with Gasteiger partial charge in [0.15, 0.2) is 5.03 Å². The molecule has 25 heavy (non-hydrogen) atoms. The molecule has 2 aromatic heterocycles. The summed E-state index contributed by atoms with van der Waals surface area (Å²) in [5.41, 5.74) is 1.95. The molecular weight excluding hydrogens is 340 g/mol. The molecule has 9 heteroatoms. The fourth-order valence-corrected chi connectivity index (χ4v) is 4.40. The van der Waals surface area contributed by atoms with Crippen molar-refractivity contribution in [1.29, 1.82) is 0 Å². The van der Waals surface area contributed by atoms with E-state index in [0.717, 1.165) is 16.6 Å². The van der Waals surface area contributed by atoms with Gasteiger partial charge in [-0.1, -0.05) is 0 Å². The van der Waals surface area contributed by atoms with E-state index in [1.165, 1.54) is 23.2 Å². The summed E-state index contributed by atoms with van der Waals surface area (Å²) in [6, 6.07) is 6.01. The molecule has 0 unspecified atom stereocenters. The molecule has 0 atom stereocenters. The molecule has 0 aliphatic carbocycles. The fourth-order valence-electron chi connectivity index (χ4n) is 3.01.